The van der Waals surface area contributed by atoms with Crippen LogP contribution in [0.3, 0.4) is 0 Å². The number of rotatable bonds is 9. The molecule has 1 atom stereocenters. The Hall–Kier alpha value is -2.46. The van der Waals surface area contributed by atoms with Crippen LogP contribution in [0.4, 0.5) is 0 Å². The van der Waals surface area contributed by atoms with Gasteiger partial charge in [-0.25, -0.2) is 0 Å². The average molecular weight is 401 g/mol. The summed E-state index contributed by atoms with van der Waals surface area (Å²) in [7, 11) is 1.85. The normalized spacial score (nSPS) is 15.1. The molecule has 0 aromatic heterocycles. The smallest absolute Gasteiger partial charge is 0.0825 e. The number of benzene rings is 3. The second-order valence-corrected chi connectivity index (χ2v) is 8.25. The van der Waals surface area contributed by atoms with Crippen LogP contribution in [-0.4, -0.2) is 42.6 Å². The van der Waals surface area contributed by atoms with Gasteiger partial charge in [-0.05, 0) is 28.7 Å². The van der Waals surface area contributed by atoms with E-state index in [-0.39, 0.29) is 6.10 Å². The van der Waals surface area contributed by atoms with Crippen molar-refractivity contribution in [1.29, 1.82) is 0 Å². The van der Waals surface area contributed by atoms with Crippen molar-refractivity contribution in [2.75, 3.05) is 26.7 Å². The molecule has 0 bridgehead atoms. The fraction of sp³-hybridized carbons (Fsp3) is 0.333. The second-order valence-electron chi connectivity index (χ2n) is 8.25. The third kappa shape index (κ3) is 5.79. The molecule has 0 N–H and O–H groups in total. The van der Waals surface area contributed by atoms with Gasteiger partial charge in [0.25, 0.3) is 0 Å². The van der Waals surface area contributed by atoms with Crippen molar-refractivity contribution in [3.8, 4) is 0 Å². The zero-order chi connectivity index (χ0) is 20.6. The lowest BCUT2D eigenvalue weighted by Crippen LogP contribution is -2.42. The van der Waals surface area contributed by atoms with Crippen molar-refractivity contribution in [3.63, 3.8) is 0 Å². The number of methoxy groups -OCH3 is 1. The van der Waals surface area contributed by atoms with E-state index >= 15 is 0 Å². The van der Waals surface area contributed by atoms with Crippen LogP contribution in [0.2, 0.25) is 0 Å². The molecule has 1 unspecified atom stereocenters. The van der Waals surface area contributed by atoms with E-state index in [1.54, 1.807) is 0 Å². The van der Waals surface area contributed by atoms with Gasteiger partial charge in [0.05, 0.1) is 6.10 Å². The van der Waals surface area contributed by atoms with Crippen molar-refractivity contribution < 1.29 is 4.74 Å². The van der Waals surface area contributed by atoms with Crippen LogP contribution >= 0.6 is 0 Å². The van der Waals surface area contributed by atoms with Crippen LogP contribution in [0, 0.1) is 0 Å². The van der Waals surface area contributed by atoms with Crippen LogP contribution in [0.25, 0.3) is 0 Å². The molecule has 30 heavy (non-hydrogen) atoms. The van der Waals surface area contributed by atoms with E-state index in [9.17, 15) is 0 Å². The first-order valence-corrected chi connectivity index (χ1v) is 10.9. The lowest BCUT2D eigenvalue weighted by molar-refractivity contribution is 0.0277. The van der Waals surface area contributed by atoms with Gasteiger partial charge in [-0.1, -0.05) is 84.9 Å². The Kier molecular flexibility index (Phi) is 7.30. The van der Waals surface area contributed by atoms with Crippen molar-refractivity contribution >= 4 is 0 Å². The summed E-state index contributed by atoms with van der Waals surface area (Å²) in [5, 5.41) is 0. The van der Waals surface area contributed by atoms with Gasteiger partial charge in [-0.2, -0.15) is 0 Å². The van der Waals surface area contributed by atoms with Gasteiger partial charge >= 0.3 is 0 Å². The SMILES string of the molecule is COC(CN(Cc1ccccc1)Cc1ccccc1)CN1CCc2ccccc2C1. The van der Waals surface area contributed by atoms with Crippen molar-refractivity contribution in [1.82, 2.24) is 9.80 Å². The summed E-state index contributed by atoms with van der Waals surface area (Å²) in [6.07, 6.45) is 1.31. The Bertz CT molecular complexity index is 856. The lowest BCUT2D eigenvalue weighted by Gasteiger charge is -2.33. The predicted octanol–water partition coefficient (Wildman–Crippen LogP) is 4.76. The molecular formula is C27H32N2O. The standard InChI is InChI=1S/C27H32N2O/c1-30-27(21-28-17-16-25-14-8-9-15-26(25)20-28)22-29(18-23-10-4-2-5-11-23)19-24-12-6-3-7-13-24/h2-15,27H,16-22H2,1H3. The molecule has 0 saturated heterocycles. The minimum Gasteiger partial charge on any atom is -0.379 e. The highest BCUT2D eigenvalue weighted by Crippen LogP contribution is 2.19. The molecule has 3 aromatic rings. The van der Waals surface area contributed by atoms with Gasteiger partial charge < -0.3 is 4.74 Å². The maximum atomic E-state index is 5.96. The monoisotopic (exact) mass is 400 g/mol. The zero-order valence-electron chi connectivity index (χ0n) is 17.9. The highest BCUT2D eigenvalue weighted by molar-refractivity contribution is 5.29. The Morgan fingerprint density at radius 3 is 1.97 bits per heavy atom. The molecule has 0 spiro atoms. The molecule has 3 heteroatoms. The molecule has 156 valence electrons. The highest BCUT2D eigenvalue weighted by Gasteiger charge is 2.21. The Morgan fingerprint density at radius 1 is 0.800 bits per heavy atom. The van der Waals surface area contributed by atoms with Crippen LogP contribution in [0.5, 0.6) is 0 Å². The third-order valence-electron chi connectivity index (χ3n) is 5.96. The predicted molar refractivity (Wildman–Crippen MR) is 123 cm³/mol. The third-order valence-corrected chi connectivity index (χ3v) is 5.96. The summed E-state index contributed by atoms with van der Waals surface area (Å²) in [5.41, 5.74) is 5.65. The molecule has 3 aromatic carbocycles. The first-order chi connectivity index (χ1) is 14.8. The molecule has 0 amide bonds. The van der Waals surface area contributed by atoms with Crippen LogP contribution in [0.1, 0.15) is 22.3 Å². The fourth-order valence-electron chi connectivity index (χ4n) is 4.36. The van der Waals surface area contributed by atoms with Crippen molar-refractivity contribution in [2.24, 2.45) is 0 Å². The van der Waals surface area contributed by atoms with Crippen molar-refractivity contribution in [2.45, 2.75) is 32.2 Å². The van der Waals surface area contributed by atoms with Gasteiger partial charge in [-0.15, -0.1) is 0 Å². The van der Waals surface area contributed by atoms with Gasteiger partial charge in [-0.3, -0.25) is 9.80 Å². The highest BCUT2D eigenvalue weighted by atomic mass is 16.5. The molecule has 0 radical (unpaired) electrons. The van der Waals surface area contributed by atoms with Crippen molar-refractivity contribution in [3.05, 3.63) is 107 Å². The first-order valence-electron chi connectivity index (χ1n) is 10.9. The van der Waals surface area contributed by atoms with E-state index in [1.165, 1.54) is 22.3 Å². The van der Waals surface area contributed by atoms with Crippen LogP contribution in [-0.2, 0) is 30.8 Å². The first kappa shape index (κ1) is 20.8. The topological polar surface area (TPSA) is 15.7 Å². The van der Waals surface area contributed by atoms with Gasteiger partial charge in [0, 0.05) is 46.4 Å². The van der Waals surface area contributed by atoms with E-state index in [0.717, 1.165) is 45.7 Å². The van der Waals surface area contributed by atoms with Gasteiger partial charge in [0.2, 0.25) is 0 Å². The number of ether oxygens (including phenoxy) is 1. The summed E-state index contributed by atoms with van der Waals surface area (Å²) in [6.45, 7) is 5.86. The quantitative estimate of drug-likeness (QED) is 0.515. The Labute approximate surface area is 180 Å². The summed E-state index contributed by atoms with van der Waals surface area (Å²) >= 11 is 0. The van der Waals surface area contributed by atoms with Crippen LogP contribution in [0.15, 0.2) is 84.9 Å². The van der Waals surface area contributed by atoms with Gasteiger partial charge in [0.15, 0.2) is 0 Å². The molecule has 1 aliphatic rings. The molecule has 0 fully saturated rings. The molecule has 0 saturated carbocycles. The van der Waals surface area contributed by atoms with E-state index in [2.05, 4.69) is 94.7 Å². The minimum atomic E-state index is 0.183. The van der Waals surface area contributed by atoms with E-state index in [4.69, 9.17) is 4.74 Å². The number of hydrogen-bond acceptors (Lipinski definition) is 3. The van der Waals surface area contributed by atoms with Gasteiger partial charge in [0.1, 0.15) is 0 Å². The van der Waals surface area contributed by atoms with Crippen LogP contribution < -0.4 is 0 Å². The summed E-state index contributed by atoms with van der Waals surface area (Å²) < 4.78 is 5.96. The Morgan fingerprint density at radius 2 is 1.37 bits per heavy atom. The van der Waals surface area contributed by atoms with E-state index in [0.29, 0.717) is 0 Å². The van der Waals surface area contributed by atoms with E-state index < -0.39 is 0 Å². The fourth-order valence-corrected chi connectivity index (χ4v) is 4.36. The van der Waals surface area contributed by atoms with E-state index in [1.807, 2.05) is 7.11 Å². The summed E-state index contributed by atoms with van der Waals surface area (Å²) in [4.78, 5) is 5.05. The summed E-state index contributed by atoms with van der Waals surface area (Å²) in [6, 6.07) is 30.3. The molecule has 3 nitrogen and oxygen atoms in total. The Balaban J connectivity index is 1.42. The number of fused-ring (bicyclic) bond motifs is 1. The average Bonchev–Trinajstić information content (AvgIpc) is 2.80. The largest absolute Gasteiger partial charge is 0.379 e. The minimum absolute atomic E-state index is 0.183. The molecule has 1 heterocycles. The number of hydrogen-bond donors (Lipinski definition) is 0. The molecular weight excluding hydrogens is 368 g/mol. The lowest BCUT2D eigenvalue weighted by atomic mass is 9.99. The zero-order valence-corrected chi connectivity index (χ0v) is 17.9. The molecule has 4 rings (SSSR count). The molecule has 1 aliphatic heterocycles. The second kappa shape index (κ2) is 10.5. The number of nitrogens with zero attached hydrogens (tertiary/aromatic N) is 2. The molecule has 0 aliphatic carbocycles. The maximum Gasteiger partial charge on any atom is 0.0825 e. The summed E-state index contributed by atoms with van der Waals surface area (Å²) in [5.74, 6) is 0. The maximum absolute atomic E-state index is 5.96.